The molecule has 1 fully saturated rings. The molecule has 2 heterocycles. The zero-order valence-corrected chi connectivity index (χ0v) is 10.6. The zero-order chi connectivity index (χ0) is 12.5. The van der Waals surface area contributed by atoms with Gasteiger partial charge in [-0.25, -0.2) is 4.98 Å². The molecule has 1 aromatic heterocycles. The number of nitrogens with two attached hydrogens (primary N) is 1. The highest BCUT2D eigenvalue weighted by Gasteiger charge is 2.33. The first-order valence-electron chi connectivity index (χ1n) is 6.38. The van der Waals surface area contributed by atoms with Crippen LogP contribution in [0, 0.1) is 0 Å². The van der Waals surface area contributed by atoms with Crippen molar-refractivity contribution < 1.29 is 4.74 Å². The maximum Gasteiger partial charge on any atom is 0.192 e. The van der Waals surface area contributed by atoms with Gasteiger partial charge < -0.3 is 19.9 Å². The third kappa shape index (κ3) is 1.96. The molecule has 98 valence electrons. The number of imidazole rings is 1. The van der Waals surface area contributed by atoms with E-state index in [0.29, 0.717) is 25.2 Å². The largest absolute Gasteiger partial charge is 0.383 e. The van der Waals surface area contributed by atoms with Crippen LogP contribution in [0.2, 0.25) is 0 Å². The monoisotopic (exact) mass is 249 g/mol. The molecule has 2 N–H and O–H groups in total. The van der Waals surface area contributed by atoms with Crippen molar-refractivity contribution in [3.63, 3.8) is 0 Å². The smallest absolute Gasteiger partial charge is 0.192 e. The molecule has 18 heavy (non-hydrogen) atoms. The first-order chi connectivity index (χ1) is 8.81. The van der Waals surface area contributed by atoms with Crippen LogP contribution in [0.3, 0.4) is 0 Å². The number of hydrogen-bond donors (Lipinski definition) is 1. The molecule has 1 unspecified atom stereocenters. The summed E-state index contributed by atoms with van der Waals surface area (Å²) in [7, 11) is 1.70. The van der Waals surface area contributed by atoms with E-state index in [-0.39, 0.29) is 6.04 Å². The van der Waals surface area contributed by atoms with Gasteiger partial charge in [-0.3, -0.25) is 4.99 Å². The summed E-state index contributed by atoms with van der Waals surface area (Å²) in [6, 6.07) is 0.844. The molecule has 3 rings (SSSR count). The van der Waals surface area contributed by atoms with Gasteiger partial charge in [-0.1, -0.05) is 0 Å². The van der Waals surface area contributed by atoms with Gasteiger partial charge in [0.2, 0.25) is 0 Å². The average Bonchev–Trinajstić information content (AvgIpc) is 2.99. The summed E-state index contributed by atoms with van der Waals surface area (Å²) in [5, 5.41) is 0. The van der Waals surface area contributed by atoms with E-state index in [1.54, 1.807) is 7.11 Å². The summed E-state index contributed by atoms with van der Waals surface area (Å²) >= 11 is 0. The van der Waals surface area contributed by atoms with Crippen molar-refractivity contribution in [1.82, 2.24) is 14.5 Å². The van der Waals surface area contributed by atoms with Gasteiger partial charge in [-0.15, -0.1) is 0 Å². The number of methoxy groups -OCH3 is 1. The van der Waals surface area contributed by atoms with Crippen LogP contribution in [-0.2, 0) is 4.74 Å². The molecule has 0 saturated heterocycles. The van der Waals surface area contributed by atoms with Gasteiger partial charge >= 0.3 is 0 Å². The minimum Gasteiger partial charge on any atom is -0.383 e. The van der Waals surface area contributed by atoms with Crippen molar-refractivity contribution in [1.29, 1.82) is 0 Å². The SMILES string of the molecule is COCCN1C(N)=NCC1c1cncn1C1CC1. The Morgan fingerprint density at radius 2 is 2.33 bits per heavy atom. The van der Waals surface area contributed by atoms with Crippen LogP contribution in [0.4, 0.5) is 0 Å². The normalized spacial score (nSPS) is 23.5. The Labute approximate surface area is 106 Å². The fourth-order valence-corrected chi connectivity index (χ4v) is 2.47. The van der Waals surface area contributed by atoms with Crippen LogP contribution in [0.1, 0.15) is 30.6 Å². The third-order valence-corrected chi connectivity index (χ3v) is 3.61. The van der Waals surface area contributed by atoms with E-state index >= 15 is 0 Å². The zero-order valence-electron chi connectivity index (χ0n) is 10.6. The number of aromatic nitrogens is 2. The van der Waals surface area contributed by atoms with E-state index in [1.807, 2.05) is 12.5 Å². The lowest BCUT2D eigenvalue weighted by atomic mass is 10.2. The van der Waals surface area contributed by atoms with Gasteiger partial charge in [0.25, 0.3) is 0 Å². The Hall–Kier alpha value is -1.56. The summed E-state index contributed by atoms with van der Waals surface area (Å²) in [4.78, 5) is 10.7. The van der Waals surface area contributed by atoms with Crippen LogP contribution < -0.4 is 5.73 Å². The fourth-order valence-electron chi connectivity index (χ4n) is 2.47. The quantitative estimate of drug-likeness (QED) is 0.826. The lowest BCUT2D eigenvalue weighted by Gasteiger charge is -2.26. The van der Waals surface area contributed by atoms with Crippen molar-refractivity contribution in [2.24, 2.45) is 10.7 Å². The van der Waals surface area contributed by atoms with E-state index in [0.717, 1.165) is 6.54 Å². The molecular formula is C12H19N5O. The van der Waals surface area contributed by atoms with Gasteiger partial charge in [-0.05, 0) is 12.8 Å². The molecule has 0 radical (unpaired) electrons. The Morgan fingerprint density at radius 3 is 3.06 bits per heavy atom. The van der Waals surface area contributed by atoms with Crippen molar-refractivity contribution in [3.8, 4) is 0 Å². The standard InChI is InChI=1S/C12H19N5O/c1-18-5-4-16-11(7-15-12(16)13)10-6-14-8-17(10)9-2-3-9/h6,8-9,11H,2-5,7H2,1H3,(H2,13,15). The predicted octanol–water partition coefficient (Wildman–Crippen LogP) is 0.536. The van der Waals surface area contributed by atoms with Crippen molar-refractivity contribution in [2.45, 2.75) is 24.9 Å². The molecule has 1 atom stereocenters. The molecular weight excluding hydrogens is 230 g/mol. The van der Waals surface area contributed by atoms with Crippen molar-refractivity contribution in [2.75, 3.05) is 26.8 Å². The molecule has 1 saturated carbocycles. The topological polar surface area (TPSA) is 68.7 Å². The highest BCUT2D eigenvalue weighted by molar-refractivity contribution is 5.80. The van der Waals surface area contributed by atoms with Crippen molar-refractivity contribution in [3.05, 3.63) is 18.2 Å². The molecule has 0 spiro atoms. The number of guanidine groups is 1. The van der Waals surface area contributed by atoms with E-state index in [1.165, 1.54) is 18.5 Å². The highest BCUT2D eigenvalue weighted by Crippen LogP contribution is 2.38. The summed E-state index contributed by atoms with van der Waals surface area (Å²) in [5.41, 5.74) is 7.17. The van der Waals surface area contributed by atoms with Gasteiger partial charge in [-0.2, -0.15) is 0 Å². The number of rotatable bonds is 5. The fraction of sp³-hybridized carbons (Fsp3) is 0.667. The van der Waals surface area contributed by atoms with E-state index in [2.05, 4.69) is 19.4 Å². The highest BCUT2D eigenvalue weighted by atomic mass is 16.5. The molecule has 6 heteroatoms. The Balaban J connectivity index is 1.80. The molecule has 1 aromatic rings. The summed E-state index contributed by atoms with van der Waals surface area (Å²) in [6.07, 6.45) is 6.38. The minimum absolute atomic E-state index is 0.211. The molecule has 0 amide bonds. The number of nitrogens with zero attached hydrogens (tertiary/aromatic N) is 4. The average molecular weight is 249 g/mol. The Bertz CT molecular complexity index is 451. The molecule has 0 aromatic carbocycles. The first-order valence-corrected chi connectivity index (χ1v) is 6.38. The van der Waals surface area contributed by atoms with Crippen LogP contribution in [0.15, 0.2) is 17.5 Å². The lowest BCUT2D eigenvalue weighted by molar-refractivity contribution is 0.165. The number of aliphatic imine (C=N–C) groups is 1. The summed E-state index contributed by atoms with van der Waals surface area (Å²) < 4.78 is 7.41. The van der Waals surface area contributed by atoms with E-state index in [4.69, 9.17) is 10.5 Å². The van der Waals surface area contributed by atoms with Crippen LogP contribution >= 0.6 is 0 Å². The van der Waals surface area contributed by atoms with Crippen LogP contribution in [0.5, 0.6) is 0 Å². The second-order valence-corrected chi connectivity index (χ2v) is 4.86. The molecule has 1 aliphatic carbocycles. The second-order valence-electron chi connectivity index (χ2n) is 4.86. The number of hydrogen-bond acceptors (Lipinski definition) is 5. The molecule has 2 aliphatic rings. The maximum atomic E-state index is 5.95. The predicted molar refractivity (Wildman–Crippen MR) is 68.3 cm³/mol. The van der Waals surface area contributed by atoms with Gasteiger partial charge in [0.1, 0.15) is 0 Å². The third-order valence-electron chi connectivity index (χ3n) is 3.61. The molecule has 1 aliphatic heterocycles. The van der Waals surface area contributed by atoms with Crippen molar-refractivity contribution >= 4 is 5.96 Å². The summed E-state index contributed by atoms with van der Waals surface area (Å²) in [5.74, 6) is 0.612. The van der Waals surface area contributed by atoms with E-state index in [9.17, 15) is 0 Å². The second kappa shape index (κ2) is 4.61. The Morgan fingerprint density at radius 1 is 1.50 bits per heavy atom. The van der Waals surface area contributed by atoms with Crippen LogP contribution in [-0.4, -0.2) is 47.2 Å². The van der Waals surface area contributed by atoms with Gasteiger partial charge in [0.05, 0.1) is 37.4 Å². The maximum absolute atomic E-state index is 5.95. The minimum atomic E-state index is 0.211. The van der Waals surface area contributed by atoms with Gasteiger partial charge in [0, 0.05) is 19.7 Å². The summed E-state index contributed by atoms with van der Waals surface area (Å²) in [6.45, 7) is 2.14. The van der Waals surface area contributed by atoms with E-state index < -0.39 is 0 Å². The van der Waals surface area contributed by atoms with Gasteiger partial charge in [0.15, 0.2) is 5.96 Å². The number of ether oxygens (including phenoxy) is 1. The van der Waals surface area contributed by atoms with Crippen LogP contribution in [0.25, 0.3) is 0 Å². The molecule has 6 nitrogen and oxygen atoms in total. The first kappa shape index (κ1) is 11.5. The molecule has 0 bridgehead atoms. The Kier molecular flexibility index (Phi) is 2.95. The lowest BCUT2D eigenvalue weighted by Crippen LogP contribution is -2.38.